The lowest BCUT2D eigenvalue weighted by Gasteiger charge is -2.15. The van der Waals surface area contributed by atoms with Crippen LogP contribution in [0.5, 0.6) is 0 Å². The summed E-state index contributed by atoms with van der Waals surface area (Å²) in [4.78, 5) is 5.57. The zero-order chi connectivity index (χ0) is 12.8. The third-order valence-electron chi connectivity index (χ3n) is 3.04. The first-order valence-corrected chi connectivity index (χ1v) is 7.75. The normalized spacial score (nSPS) is 12.6. The average molecular weight is 325 g/mol. The third kappa shape index (κ3) is 3.90. The molecule has 2 heterocycles. The van der Waals surface area contributed by atoms with Crippen molar-refractivity contribution in [1.82, 2.24) is 10.3 Å². The molecule has 0 saturated heterocycles. The summed E-state index contributed by atoms with van der Waals surface area (Å²) in [6, 6.07) is 6.77. The predicted octanol–water partition coefficient (Wildman–Crippen LogP) is 3.67. The molecule has 2 aromatic heterocycles. The number of pyridine rings is 1. The summed E-state index contributed by atoms with van der Waals surface area (Å²) in [5.74, 6) is 0. The van der Waals surface area contributed by atoms with Gasteiger partial charge < -0.3 is 5.32 Å². The lowest BCUT2D eigenvalue weighted by molar-refractivity contribution is 0.522. The number of nitrogens with zero attached hydrogens (tertiary/aromatic N) is 1. The molecule has 0 aliphatic carbocycles. The molecule has 2 aromatic rings. The summed E-state index contributed by atoms with van der Waals surface area (Å²) in [6.45, 7) is 0. The van der Waals surface area contributed by atoms with Crippen molar-refractivity contribution in [3.05, 3.63) is 50.9 Å². The van der Waals surface area contributed by atoms with Gasteiger partial charge in [0.25, 0.3) is 0 Å². The van der Waals surface area contributed by atoms with Gasteiger partial charge >= 0.3 is 0 Å². The number of aromatic nitrogens is 1. The molecule has 2 rings (SSSR count). The lowest BCUT2D eigenvalue weighted by atomic mass is 10.0. The third-order valence-corrected chi connectivity index (χ3v) is 4.98. The van der Waals surface area contributed by atoms with Crippen molar-refractivity contribution in [2.75, 3.05) is 7.05 Å². The molecule has 0 saturated carbocycles. The Balaban J connectivity index is 1.88. The summed E-state index contributed by atoms with van der Waals surface area (Å²) in [6.07, 6.45) is 7.06. The first-order chi connectivity index (χ1) is 8.79. The van der Waals surface area contributed by atoms with Crippen LogP contribution in [0.3, 0.4) is 0 Å². The van der Waals surface area contributed by atoms with E-state index in [0.29, 0.717) is 6.04 Å². The topological polar surface area (TPSA) is 24.9 Å². The van der Waals surface area contributed by atoms with Gasteiger partial charge in [0.05, 0.1) is 0 Å². The van der Waals surface area contributed by atoms with E-state index in [2.05, 4.69) is 43.7 Å². The quantitative estimate of drug-likeness (QED) is 0.876. The van der Waals surface area contributed by atoms with Crippen LogP contribution in [0.2, 0.25) is 0 Å². The van der Waals surface area contributed by atoms with Crippen LogP contribution in [0.25, 0.3) is 0 Å². The van der Waals surface area contributed by atoms with Gasteiger partial charge in [0, 0.05) is 27.8 Å². The summed E-state index contributed by atoms with van der Waals surface area (Å²) in [7, 11) is 2.04. The molecule has 0 spiro atoms. The molecule has 0 amide bonds. The smallest absolute Gasteiger partial charge is 0.0314 e. The first-order valence-electron chi connectivity index (χ1n) is 6.07. The Bertz CT molecular complexity index is 470. The minimum Gasteiger partial charge on any atom is -0.317 e. The molecule has 0 bridgehead atoms. The van der Waals surface area contributed by atoms with Gasteiger partial charge in [-0.25, -0.2) is 0 Å². The summed E-state index contributed by atoms with van der Waals surface area (Å²) in [5, 5.41) is 5.54. The highest BCUT2D eigenvalue weighted by Gasteiger charge is 2.10. The van der Waals surface area contributed by atoms with Gasteiger partial charge in [-0.15, -0.1) is 11.3 Å². The van der Waals surface area contributed by atoms with Crippen LogP contribution in [0.1, 0.15) is 16.9 Å². The van der Waals surface area contributed by atoms with Crippen LogP contribution in [0, 0.1) is 0 Å². The van der Waals surface area contributed by atoms with E-state index in [1.165, 1.54) is 14.9 Å². The molecule has 1 atom stereocenters. The number of likely N-dealkylation sites (N-methyl/N-ethyl adjacent to an activating group) is 1. The second kappa shape index (κ2) is 7.02. The molecule has 0 aliphatic rings. The summed E-state index contributed by atoms with van der Waals surface area (Å²) >= 11 is 5.41. The van der Waals surface area contributed by atoms with Crippen molar-refractivity contribution < 1.29 is 0 Å². The van der Waals surface area contributed by atoms with Crippen molar-refractivity contribution in [3.8, 4) is 0 Å². The van der Waals surface area contributed by atoms with E-state index in [9.17, 15) is 0 Å². The van der Waals surface area contributed by atoms with E-state index < -0.39 is 0 Å². The fourth-order valence-electron chi connectivity index (χ4n) is 1.93. The number of hydrogen-bond acceptors (Lipinski definition) is 3. The second-order valence-corrected chi connectivity index (χ2v) is 6.14. The van der Waals surface area contributed by atoms with E-state index in [0.717, 1.165) is 19.3 Å². The Morgan fingerprint density at radius 1 is 1.44 bits per heavy atom. The number of nitrogens with one attached hydrogen (secondary N) is 1. The van der Waals surface area contributed by atoms with E-state index in [1.807, 2.05) is 36.8 Å². The Hall–Kier alpha value is -0.710. The number of aryl methyl sites for hydroxylation is 1. The highest BCUT2D eigenvalue weighted by atomic mass is 79.9. The molecule has 18 heavy (non-hydrogen) atoms. The molecular formula is C14H17BrN2S. The Morgan fingerprint density at radius 3 is 2.94 bits per heavy atom. The molecule has 2 nitrogen and oxygen atoms in total. The van der Waals surface area contributed by atoms with Gasteiger partial charge in [0.2, 0.25) is 0 Å². The predicted molar refractivity (Wildman–Crippen MR) is 81.1 cm³/mol. The monoisotopic (exact) mass is 324 g/mol. The number of hydrogen-bond donors (Lipinski definition) is 1. The average Bonchev–Trinajstić information content (AvgIpc) is 2.81. The SMILES string of the molecule is CNC(CCc1cccnc1)Cc1sccc1Br. The maximum atomic E-state index is 4.15. The summed E-state index contributed by atoms with van der Waals surface area (Å²) in [5.41, 5.74) is 1.31. The minimum absolute atomic E-state index is 0.514. The molecule has 0 fully saturated rings. The zero-order valence-corrected chi connectivity index (χ0v) is 12.8. The molecule has 0 radical (unpaired) electrons. The van der Waals surface area contributed by atoms with Gasteiger partial charge in [-0.3, -0.25) is 4.98 Å². The van der Waals surface area contributed by atoms with Crippen molar-refractivity contribution >= 4 is 27.3 Å². The van der Waals surface area contributed by atoms with E-state index in [4.69, 9.17) is 0 Å². The fourth-order valence-corrected chi connectivity index (χ4v) is 3.53. The van der Waals surface area contributed by atoms with Gasteiger partial charge in [-0.05, 0) is 65.3 Å². The largest absolute Gasteiger partial charge is 0.317 e. The van der Waals surface area contributed by atoms with E-state index in [1.54, 1.807) is 0 Å². The van der Waals surface area contributed by atoms with Crippen LogP contribution in [-0.2, 0) is 12.8 Å². The van der Waals surface area contributed by atoms with Crippen LogP contribution in [0.15, 0.2) is 40.4 Å². The second-order valence-electron chi connectivity index (χ2n) is 4.28. The standard InChI is InChI=1S/C14H17BrN2S/c1-16-12(9-14-13(15)6-8-18-14)5-4-11-3-2-7-17-10-11/h2-3,6-8,10,12,16H,4-5,9H2,1H3. The first kappa shape index (κ1) is 13.7. The molecule has 0 aromatic carbocycles. The maximum absolute atomic E-state index is 4.15. The Morgan fingerprint density at radius 2 is 2.33 bits per heavy atom. The number of thiophene rings is 1. The Kier molecular flexibility index (Phi) is 5.35. The van der Waals surface area contributed by atoms with Crippen LogP contribution >= 0.6 is 27.3 Å². The molecular weight excluding hydrogens is 308 g/mol. The van der Waals surface area contributed by atoms with Gasteiger partial charge in [-0.2, -0.15) is 0 Å². The van der Waals surface area contributed by atoms with Crippen molar-refractivity contribution in [1.29, 1.82) is 0 Å². The van der Waals surface area contributed by atoms with Crippen molar-refractivity contribution in [3.63, 3.8) is 0 Å². The molecule has 96 valence electrons. The van der Waals surface area contributed by atoms with Crippen molar-refractivity contribution in [2.45, 2.75) is 25.3 Å². The maximum Gasteiger partial charge on any atom is 0.0314 e. The van der Waals surface area contributed by atoms with E-state index in [-0.39, 0.29) is 0 Å². The fraction of sp³-hybridized carbons (Fsp3) is 0.357. The number of halogens is 1. The number of rotatable bonds is 6. The molecule has 1 unspecified atom stereocenters. The van der Waals surface area contributed by atoms with Crippen LogP contribution in [-0.4, -0.2) is 18.1 Å². The molecule has 4 heteroatoms. The molecule has 0 aliphatic heterocycles. The van der Waals surface area contributed by atoms with Crippen LogP contribution < -0.4 is 5.32 Å². The van der Waals surface area contributed by atoms with Gasteiger partial charge in [0.15, 0.2) is 0 Å². The lowest BCUT2D eigenvalue weighted by Crippen LogP contribution is -2.27. The molecule has 1 N–H and O–H groups in total. The minimum atomic E-state index is 0.514. The highest BCUT2D eigenvalue weighted by molar-refractivity contribution is 9.10. The van der Waals surface area contributed by atoms with Crippen molar-refractivity contribution in [2.24, 2.45) is 0 Å². The van der Waals surface area contributed by atoms with Gasteiger partial charge in [-0.1, -0.05) is 6.07 Å². The summed E-state index contributed by atoms with van der Waals surface area (Å²) < 4.78 is 1.23. The van der Waals surface area contributed by atoms with Crippen LogP contribution in [0.4, 0.5) is 0 Å². The van der Waals surface area contributed by atoms with E-state index >= 15 is 0 Å². The Labute approximate surface area is 121 Å². The zero-order valence-electron chi connectivity index (χ0n) is 10.4. The highest BCUT2D eigenvalue weighted by Crippen LogP contribution is 2.24. The van der Waals surface area contributed by atoms with Gasteiger partial charge in [0.1, 0.15) is 0 Å².